The number of hydrogen-bond donors (Lipinski definition) is 3. The van der Waals surface area contributed by atoms with E-state index in [1.807, 2.05) is 12.1 Å². The molecule has 0 saturated carbocycles. The van der Waals surface area contributed by atoms with Crippen molar-refractivity contribution < 1.29 is 23.9 Å². The van der Waals surface area contributed by atoms with E-state index < -0.39 is 23.9 Å². The number of methoxy groups -OCH3 is 1. The number of primary amides is 1. The highest BCUT2D eigenvalue weighted by Crippen LogP contribution is 2.11. The molecule has 8 heteroatoms. The van der Waals surface area contributed by atoms with Crippen molar-refractivity contribution >= 4 is 17.9 Å². The molecule has 0 heterocycles. The fraction of sp³-hybridized carbons (Fsp3) is 0.353. The molecule has 4 N–H and O–H groups in total. The van der Waals surface area contributed by atoms with Crippen LogP contribution < -0.4 is 21.1 Å². The van der Waals surface area contributed by atoms with E-state index in [0.717, 1.165) is 5.56 Å². The predicted molar refractivity (Wildman–Crippen MR) is 91.7 cm³/mol. The predicted octanol–water partition coefficient (Wildman–Crippen LogP) is 0.858. The van der Waals surface area contributed by atoms with Gasteiger partial charge in [-0.05, 0) is 24.1 Å². The molecule has 0 radical (unpaired) electrons. The van der Waals surface area contributed by atoms with Crippen LogP contribution in [0, 0.1) is 0 Å². The van der Waals surface area contributed by atoms with Crippen molar-refractivity contribution in [3.8, 4) is 5.75 Å². The van der Waals surface area contributed by atoms with Crippen molar-refractivity contribution in [2.24, 2.45) is 5.73 Å². The maximum absolute atomic E-state index is 12.3. The fourth-order valence-electron chi connectivity index (χ4n) is 1.93. The minimum atomic E-state index is -0.928. The molecule has 0 saturated heterocycles. The van der Waals surface area contributed by atoms with Crippen molar-refractivity contribution in [3.05, 3.63) is 42.5 Å². The Labute approximate surface area is 146 Å². The molecule has 1 rings (SSSR count). The third kappa shape index (κ3) is 7.87. The van der Waals surface area contributed by atoms with Gasteiger partial charge in [-0.1, -0.05) is 24.8 Å². The first-order chi connectivity index (χ1) is 12.0. The van der Waals surface area contributed by atoms with E-state index in [2.05, 4.69) is 17.2 Å². The Hall–Kier alpha value is -3.03. The summed E-state index contributed by atoms with van der Waals surface area (Å²) in [7, 11) is 1.57. The molecule has 1 atom stereocenters. The molecule has 0 aliphatic rings. The Morgan fingerprint density at radius 1 is 1.28 bits per heavy atom. The number of nitrogens with two attached hydrogens (primary N) is 1. The summed E-state index contributed by atoms with van der Waals surface area (Å²) in [6.07, 6.45) is 0.672. The molecule has 0 spiro atoms. The first-order valence-corrected chi connectivity index (χ1v) is 7.69. The zero-order valence-corrected chi connectivity index (χ0v) is 14.1. The summed E-state index contributed by atoms with van der Waals surface area (Å²) in [5.74, 6) is -0.289. The van der Waals surface area contributed by atoms with Gasteiger partial charge in [-0.15, -0.1) is 0 Å². The largest absolute Gasteiger partial charge is 0.497 e. The number of carbonyl (C=O) groups is 3. The summed E-state index contributed by atoms with van der Waals surface area (Å²) < 4.78 is 9.85. The zero-order valence-electron chi connectivity index (χ0n) is 14.1. The van der Waals surface area contributed by atoms with Crippen LogP contribution in [0.1, 0.15) is 18.4 Å². The summed E-state index contributed by atoms with van der Waals surface area (Å²) in [6, 6.07) is 6.24. The summed E-state index contributed by atoms with van der Waals surface area (Å²) in [5.41, 5.74) is 5.96. The SMILES string of the molecule is C=CCOC(=O)N[C@@H](CCC(N)=O)C(=O)NCc1ccc(OC)cc1. The van der Waals surface area contributed by atoms with Gasteiger partial charge in [0.1, 0.15) is 18.4 Å². The Balaban J connectivity index is 2.61. The van der Waals surface area contributed by atoms with Gasteiger partial charge in [0.25, 0.3) is 0 Å². The number of amides is 3. The van der Waals surface area contributed by atoms with Gasteiger partial charge in [0.05, 0.1) is 7.11 Å². The molecule has 0 aromatic heterocycles. The van der Waals surface area contributed by atoms with E-state index in [0.29, 0.717) is 5.75 Å². The third-order valence-electron chi connectivity index (χ3n) is 3.25. The zero-order chi connectivity index (χ0) is 18.7. The summed E-state index contributed by atoms with van der Waals surface area (Å²) in [6.45, 7) is 3.71. The van der Waals surface area contributed by atoms with E-state index in [9.17, 15) is 14.4 Å². The van der Waals surface area contributed by atoms with Crippen LogP contribution in [0.5, 0.6) is 5.75 Å². The summed E-state index contributed by atoms with van der Waals surface area (Å²) in [5, 5.41) is 5.11. The minimum absolute atomic E-state index is 0.0157. The molecule has 0 aliphatic heterocycles. The van der Waals surface area contributed by atoms with Crippen LogP contribution in [0.15, 0.2) is 36.9 Å². The lowest BCUT2D eigenvalue weighted by molar-refractivity contribution is -0.123. The number of ether oxygens (including phenoxy) is 2. The lowest BCUT2D eigenvalue weighted by atomic mass is 10.1. The van der Waals surface area contributed by atoms with E-state index >= 15 is 0 Å². The molecule has 0 fully saturated rings. The number of benzene rings is 1. The molecule has 136 valence electrons. The molecule has 0 unspecified atom stereocenters. The molecule has 1 aromatic rings. The Morgan fingerprint density at radius 3 is 2.52 bits per heavy atom. The van der Waals surface area contributed by atoms with Gasteiger partial charge in [0.15, 0.2) is 0 Å². The lowest BCUT2D eigenvalue weighted by Gasteiger charge is -2.17. The monoisotopic (exact) mass is 349 g/mol. The van der Waals surface area contributed by atoms with Crippen LogP contribution in [0.4, 0.5) is 4.79 Å². The van der Waals surface area contributed by atoms with Crippen LogP contribution in [0.3, 0.4) is 0 Å². The Morgan fingerprint density at radius 2 is 1.96 bits per heavy atom. The van der Waals surface area contributed by atoms with Crippen LogP contribution >= 0.6 is 0 Å². The van der Waals surface area contributed by atoms with Crippen molar-refractivity contribution in [2.75, 3.05) is 13.7 Å². The highest BCUT2D eigenvalue weighted by atomic mass is 16.5. The van der Waals surface area contributed by atoms with Crippen LogP contribution in [-0.2, 0) is 20.9 Å². The molecule has 1 aromatic carbocycles. The van der Waals surface area contributed by atoms with Gasteiger partial charge in [0, 0.05) is 13.0 Å². The maximum Gasteiger partial charge on any atom is 0.408 e. The van der Waals surface area contributed by atoms with Crippen molar-refractivity contribution in [1.29, 1.82) is 0 Å². The Bertz CT molecular complexity index is 601. The number of rotatable bonds is 10. The van der Waals surface area contributed by atoms with E-state index in [1.54, 1.807) is 19.2 Å². The number of carbonyl (C=O) groups excluding carboxylic acids is 3. The van der Waals surface area contributed by atoms with Gasteiger partial charge < -0.3 is 25.8 Å². The molecule has 0 bridgehead atoms. The lowest BCUT2D eigenvalue weighted by Crippen LogP contribution is -2.47. The van der Waals surface area contributed by atoms with Gasteiger partial charge in [-0.3, -0.25) is 9.59 Å². The standard InChI is InChI=1S/C17H23N3O5/c1-3-10-25-17(23)20-14(8-9-15(18)21)16(22)19-11-12-4-6-13(24-2)7-5-12/h3-7,14H,1,8-11H2,2H3,(H2,18,21)(H,19,22)(H,20,23)/t14-/m0/s1. The van der Waals surface area contributed by atoms with Crippen LogP contribution in [0.25, 0.3) is 0 Å². The second-order valence-corrected chi connectivity index (χ2v) is 5.15. The number of hydrogen-bond acceptors (Lipinski definition) is 5. The molecule has 8 nitrogen and oxygen atoms in total. The average Bonchev–Trinajstić information content (AvgIpc) is 2.61. The van der Waals surface area contributed by atoms with Gasteiger partial charge in [-0.2, -0.15) is 0 Å². The molecule has 3 amide bonds. The third-order valence-corrected chi connectivity index (χ3v) is 3.25. The minimum Gasteiger partial charge on any atom is -0.497 e. The highest BCUT2D eigenvalue weighted by Gasteiger charge is 2.21. The number of alkyl carbamates (subject to hydrolysis) is 1. The first kappa shape index (κ1) is 20.0. The summed E-state index contributed by atoms with van der Waals surface area (Å²) >= 11 is 0. The maximum atomic E-state index is 12.3. The van der Waals surface area contributed by atoms with E-state index in [1.165, 1.54) is 6.08 Å². The molecule has 0 aliphatic carbocycles. The first-order valence-electron chi connectivity index (χ1n) is 7.69. The quantitative estimate of drug-likeness (QED) is 0.541. The molecular weight excluding hydrogens is 326 g/mol. The van der Waals surface area contributed by atoms with Gasteiger partial charge in [0.2, 0.25) is 11.8 Å². The Kier molecular flexibility index (Phi) is 8.56. The topological polar surface area (TPSA) is 120 Å². The van der Waals surface area contributed by atoms with E-state index in [-0.39, 0.29) is 26.0 Å². The average molecular weight is 349 g/mol. The van der Waals surface area contributed by atoms with Crippen molar-refractivity contribution in [2.45, 2.75) is 25.4 Å². The molecule has 25 heavy (non-hydrogen) atoms. The van der Waals surface area contributed by atoms with Crippen LogP contribution in [0.2, 0.25) is 0 Å². The van der Waals surface area contributed by atoms with Gasteiger partial charge in [-0.25, -0.2) is 4.79 Å². The smallest absolute Gasteiger partial charge is 0.408 e. The van der Waals surface area contributed by atoms with Crippen molar-refractivity contribution in [1.82, 2.24) is 10.6 Å². The second-order valence-electron chi connectivity index (χ2n) is 5.15. The summed E-state index contributed by atoms with van der Waals surface area (Å²) in [4.78, 5) is 34.8. The van der Waals surface area contributed by atoms with Crippen LogP contribution in [-0.4, -0.2) is 37.7 Å². The normalized spacial score (nSPS) is 11.1. The van der Waals surface area contributed by atoms with E-state index in [4.69, 9.17) is 15.2 Å². The number of nitrogens with one attached hydrogen (secondary N) is 2. The fourth-order valence-corrected chi connectivity index (χ4v) is 1.93. The highest BCUT2D eigenvalue weighted by molar-refractivity contribution is 5.86. The van der Waals surface area contributed by atoms with Crippen molar-refractivity contribution in [3.63, 3.8) is 0 Å². The van der Waals surface area contributed by atoms with Gasteiger partial charge >= 0.3 is 6.09 Å². The second kappa shape index (κ2) is 10.7. The molecular formula is C17H23N3O5.